The SMILES string of the molecule is COc1ccc(-c2cncc(-c3nc4nccc(C#N)c4[nH]3)c2N2CC[C@@H](C)C2)cc1C#N. The van der Waals surface area contributed by atoms with E-state index in [-0.39, 0.29) is 0 Å². The van der Waals surface area contributed by atoms with Crippen LogP contribution in [0.3, 0.4) is 0 Å². The summed E-state index contributed by atoms with van der Waals surface area (Å²) in [6, 6.07) is 11.7. The molecule has 1 atom stereocenters. The number of H-pyrrole nitrogens is 1. The van der Waals surface area contributed by atoms with Crippen molar-refractivity contribution < 1.29 is 4.74 Å². The lowest BCUT2D eigenvalue weighted by atomic mass is 9.99. The topological polar surface area (TPSA) is 115 Å². The predicted octanol–water partition coefficient (Wildman–Crippen LogP) is 4.29. The second-order valence-corrected chi connectivity index (χ2v) is 8.20. The fourth-order valence-electron chi connectivity index (χ4n) is 4.41. The molecule has 3 aromatic heterocycles. The Morgan fingerprint density at radius 2 is 1.94 bits per heavy atom. The van der Waals surface area contributed by atoms with Crippen LogP contribution in [0.4, 0.5) is 5.69 Å². The number of nitrogens with zero attached hydrogens (tertiary/aromatic N) is 6. The minimum atomic E-state index is 0.466. The molecule has 1 aliphatic rings. The average Bonchev–Trinajstić information content (AvgIpc) is 3.49. The minimum Gasteiger partial charge on any atom is -0.495 e. The first-order chi connectivity index (χ1) is 16.1. The van der Waals surface area contributed by atoms with Gasteiger partial charge in [-0.2, -0.15) is 10.5 Å². The third kappa shape index (κ3) is 3.52. The smallest absolute Gasteiger partial charge is 0.179 e. The highest BCUT2D eigenvalue weighted by molar-refractivity contribution is 5.91. The first-order valence-electron chi connectivity index (χ1n) is 10.7. The first kappa shape index (κ1) is 20.5. The van der Waals surface area contributed by atoms with Crippen LogP contribution >= 0.6 is 0 Å². The van der Waals surface area contributed by atoms with Crippen molar-refractivity contribution >= 4 is 16.9 Å². The standard InChI is InChI=1S/C25H21N7O/c1-15-6-8-32(14-15)23-19(16-3-4-21(33-2)18(9-16)11-27)12-28-13-20(23)24-30-22-17(10-26)5-7-29-25(22)31-24/h3-5,7,9,12-13,15H,6,8,14H2,1-2H3,(H,29,30,31)/t15-/m1/s1. The Morgan fingerprint density at radius 3 is 2.67 bits per heavy atom. The molecule has 5 rings (SSSR count). The number of ether oxygens (including phenoxy) is 1. The van der Waals surface area contributed by atoms with E-state index in [0.717, 1.165) is 41.9 Å². The summed E-state index contributed by atoms with van der Waals surface area (Å²) in [7, 11) is 1.56. The van der Waals surface area contributed by atoms with E-state index >= 15 is 0 Å². The number of anilines is 1. The molecule has 1 aromatic carbocycles. The Hall–Kier alpha value is -4.43. The van der Waals surface area contributed by atoms with Crippen molar-refractivity contribution in [3.8, 4) is 40.4 Å². The van der Waals surface area contributed by atoms with Crippen molar-refractivity contribution in [3.05, 3.63) is 54.0 Å². The summed E-state index contributed by atoms with van der Waals surface area (Å²) in [5.74, 6) is 1.71. The molecule has 1 aliphatic heterocycles. The second-order valence-electron chi connectivity index (χ2n) is 8.20. The molecule has 1 N–H and O–H groups in total. The third-order valence-corrected chi connectivity index (χ3v) is 6.06. The van der Waals surface area contributed by atoms with Crippen LogP contribution in [-0.2, 0) is 0 Å². The molecule has 1 saturated heterocycles. The van der Waals surface area contributed by atoms with Crippen molar-refractivity contribution in [2.45, 2.75) is 13.3 Å². The molecule has 0 spiro atoms. The van der Waals surface area contributed by atoms with E-state index in [4.69, 9.17) is 4.74 Å². The van der Waals surface area contributed by atoms with Crippen LogP contribution in [0.2, 0.25) is 0 Å². The molecule has 8 heteroatoms. The highest BCUT2D eigenvalue weighted by Gasteiger charge is 2.26. The maximum atomic E-state index is 9.59. The fraction of sp³-hybridized carbons (Fsp3) is 0.240. The van der Waals surface area contributed by atoms with Gasteiger partial charge < -0.3 is 14.6 Å². The second kappa shape index (κ2) is 8.25. The van der Waals surface area contributed by atoms with Crippen molar-refractivity contribution in [2.24, 2.45) is 5.92 Å². The molecule has 0 saturated carbocycles. The van der Waals surface area contributed by atoms with Gasteiger partial charge in [-0.25, -0.2) is 9.97 Å². The van der Waals surface area contributed by atoms with E-state index < -0.39 is 0 Å². The lowest BCUT2D eigenvalue weighted by molar-refractivity contribution is 0.413. The molecule has 0 aliphatic carbocycles. The van der Waals surface area contributed by atoms with Gasteiger partial charge in [-0.3, -0.25) is 4.98 Å². The summed E-state index contributed by atoms with van der Waals surface area (Å²) in [5, 5.41) is 19.1. The normalized spacial score (nSPS) is 15.4. The molecule has 8 nitrogen and oxygen atoms in total. The van der Waals surface area contributed by atoms with Gasteiger partial charge in [0.15, 0.2) is 5.65 Å². The maximum absolute atomic E-state index is 9.59. The minimum absolute atomic E-state index is 0.466. The lowest BCUT2D eigenvalue weighted by Crippen LogP contribution is -2.21. The van der Waals surface area contributed by atoms with Crippen LogP contribution in [0.1, 0.15) is 24.5 Å². The van der Waals surface area contributed by atoms with E-state index in [9.17, 15) is 10.5 Å². The van der Waals surface area contributed by atoms with E-state index in [1.807, 2.05) is 18.3 Å². The van der Waals surface area contributed by atoms with E-state index in [2.05, 4.69) is 43.9 Å². The van der Waals surface area contributed by atoms with Gasteiger partial charge in [-0.15, -0.1) is 0 Å². The van der Waals surface area contributed by atoms with Crippen molar-refractivity contribution in [3.63, 3.8) is 0 Å². The number of fused-ring (bicyclic) bond motifs is 1. The number of benzene rings is 1. The summed E-state index contributed by atoms with van der Waals surface area (Å²) < 4.78 is 5.32. The molecule has 0 radical (unpaired) electrons. The molecular formula is C25H21N7O. The van der Waals surface area contributed by atoms with Crippen molar-refractivity contribution in [1.29, 1.82) is 10.5 Å². The van der Waals surface area contributed by atoms with Crippen LogP contribution in [0.15, 0.2) is 42.9 Å². The van der Waals surface area contributed by atoms with Crippen molar-refractivity contribution in [2.75, 3.05) is 25.1 Å². The number of imidazole rings is 1. The predicted molar refractivity (Wildman–Crippen MR) is 125 cm³/mol. The van der Waals surface area contributed by atoms with Gasteiger partial charge in [0.25, 0.3) is 0 Å². The molecular weight excluding hydrogens is 414 g/mol. The number of nitrogens with one attached hydrogen (secondary N) is 1. The number of methoxy groups -OCH3 is 1. The summed E-state index contributed by atoms with van der Waals surface area (Å²) in [6.45, 7) is 4.06. The quantitative estimate of drug-likeness (QED) is 0.509. The summed E-state index contributed by atoms with van der Waals surface area (Å²) in [4.78, 5) is 19.2. The molecule has 0 bridgehead atoms. The Balaban J connectivity index is 1.74. The van der Waals surface area contributed by atoms with Gasteiger partial charge in [0.05, 0.1) is 29.5 Å². The number of pyridine rings is 2. The van der Waals surface area contributed by atoms with Gasteiger partial charge in [0.2, 0.25) is 0 Å². The molecule has 4 aromatic rings. The number of nitriles is 2. The zero-order valence-electron chi connectivity index (χ0n) is 18.3. The maximum Gasteiger partial charge on any atom is 0.179 e. The van der Waals surface area contributed by atoms with Crippen molar-refractivity contribution in [1.82, 2.24) is 19.9 Å². The Morgan fingerprint density at radius 1 is 1.12 bits per heavy atom. The molecule has 0 amide bonds. The van der Waals surface area contributed by atoms with Gasteiger partial charge in [-0.05, 0) is 36.1 Å². The van der Waals surface area contributed by atoms with Gasteiger partial charge in [-0.1, -0.05) is 13.0 Å². The highest BCUT2D eigenvalue weighted by atomic mass is 16.5. The summed E-state index contributed by atoms with van der Waals surface area (Å²) in [6.07, 6.45) is 6.30. The largest absolute Gasteiger partial charge is 0.495 e. The number of aromatic nitrogens is 4. The third-order valence-electron chi connectivity index (χ3n) is 6.06. The highest BCUT2D eigenvalue weighted by Crippen LogP contribution is 2.41. The number of hydrogen-bond donors (Lipinski definition) is 1. The molecule has 4 heterocycles. The Bertz CT molecular complexity index is 1440. The summed E-state index contributed by atoms with van der Waals surface area (Å²) in [5.41, 5.74) is 5.68. The van der Waals surface area contributed by atoms with Crippen LogP contribution < -0.4 is 9.64 Å². The molecule has 1 fully saturated rings. The van der Waals surface area contributed by atoms with Crippen LogP contribution in [0.5, 0.6) is 5.75 Å². The zero-order valence-corrected chi connectivity index (χ0v) is 18.3. The van der Waals surface area contributed by atoms with E-state index in [1.165, 1.54) is 0 Å². The Labute approximate surface area is 191 Å². The molecule has 162 valence electrons. The van der Waals surface area contributed by atoms with E-state index in [1.54, 1.807) is 31.6 Å². The zero-order chi connectivity index (χ0) is 22.9. The van der Waals surface area contributed by atoms with Crippen LogP contribution in [0.25, 0.3) is 33.7 Å². The molecule has 0 unspecified atom stereocenters. The van der Waals surface area contributed by atoms with Crippen LogP contribution in [-0.4, -0.2) is 40.1 Å². The van der Waals surface area contributed by atoms with Gasteiger partial charge in [0, 0.05) is 37.2 Å². The van der Waals surface area contributed by atoms with Crippen LogP contribution in [0, 0.1) is 28.6 Å². The van der Waals surface area contributed by atoms with Gasteiger partial charge in [0.1, 0.15) is 29.2 Å². The first-order valence-corrected chi connectivity index (χ1v) is 10.7. The summed E-state index contributed by atoms with van der Waals surface area (Å²) >= 11 is 0. The van der Waals surface area contributed by atoms with Gasteiger partial charge >= 0.3 is 0 Å². The number of aromatic amines is 1. The monoisotopic (exact) mass is 435 g/mol. The fourth-order valence-corrected chi connectivity index (χ4v) is 4.41. The molecule has 33 heavy (non-hydrogen) atoms. The lowest BCUT2D eigenvalue weighted by Gasteiger charge is -2.24. The van der Waals surface area contributed by atoms with E-state index in [0.29, 0.717) is 39.8 Å². The number of hydrogen-bond acceptors (Lipinski definition) is 7. The Kier molecular flexibility index (Phi) is 5.12. The number of rotatable bonds is 4. The average molecular weight is 435 g/mol.